The van der Waals surface area contributed by atoms with Crippen molar-refractivity contribution < 1.29 is 16.8 Å². The van der Waals surface area contributed by atoms with Crippen molar-refractivity contribution in [3.05, 3.63) is 0 Å². The number of rotatable bonds is 9. The zero-order valence-corrected chi connectivity index (χ0v) is 13.5. The fraction of sp³-hybridized carbons (Fsp3) is 0.923. The molecule has 19 heavy (non-hydrogen) atoms. The van der Waals surface area contributed by atoms with Crippen molar-refractivity contribution >= 4 is 27.1 Å². The lowest BCUT2D eigenvalue weighted by molar-refractivity contribution is -0.122. The van der Waals surface area contributed by atoms with Gasteiger partial charge in [-0.05, 0) is 29.3 Å². The van der Waals surface area contributed by atoms with Crippen LogP contribution in [0.2, 0.25) is 0 Å². The second-order valence-corrected chi connectivity index (χ2v) is 8.88. The number of unbranched alkanes of at least 4 members (excludes halogenated alkanes) is 2. The third kappa shape index (κ3) is 7.32. The average Bonchev–Trinajstić information content (AvgIpc) is 2.79. The van der Waals surface area contributed by atoms with Gasteiger partial charge in [0, 0.05) is 12.3 Å². The number of ketones is 1. The van der Waals surface area contributed by atoms with E-state index in [4.69, 9.17) is 3.63 Å². The number of Topliss-reactive ketones (excluding diaryl/α,β-unsaturated/α-hetero) is 1. The van der Waals surface area contributed by atoms with E-state index in [0.29, 0.717) is 18.6 Å². The standard InChI is InChI=1S/C13H25O4S2/c1-18(2)17-19(15,16)11-7-3-4-10-13(14)12-8-5-6-9-12/h12H,3-11H2,1-2H3/q+1. The predicted octanol–water partition coefficient (Wildman–Crippen LogP) is 2.45. The van der Waals surface area contributed by atoms with Gasteiger partial charge >= 0.3 is 10.1 Å². The maximum absolute atomic E-state index is 11.8. The molecule has 112 valence electrons. The van der Waals surface area contributed by atoms with Crippen LogP contribution in [0.1, 0.15) is 51.4 Å². The maximum Gasteiger partial charge on any atom is 0.311 e. The molecule has 0 amide bonds. The van der Waals surface area contributed by atoms with Gasteiger partial charge in [0.1, 0.15) is 18.3 Å². The van der Waals surface area contributed by atoms with E-state index in [1.165, 1.54) is 12.8 Å². The highest BCUT2D eigenvalue weighted by Crippen LogP contribution is 2.27. The van der Waals surface area contributed by atoms with Crippen LogP contribution in [0.5, 0.6) is 0 Å². The summed E-state index contributed by atoms with van der Waals surface area (Å²) in [5.74, 6) is 0.727. The van der Waals surface area contributed by atoms with Gasteiger partial charge in [-0.25, -0.2) is 0 Å². The van der Waals surface area contributed by atoms with Gasteiger partial charge in [0.25, 0.3) is 0 Å². The van der Waals surface area contributed by atoms with E-state index in [0.717, 1.165) is 25.7 Å². The van der Waals surface area contributed by atoms with Crippen molar-refractivity contribution in [3.8, 4) is 0 Å². The molecule has 4 nitrogen and oxygen atoms in total. The molecular formula is C13H25O4S2+. The minimum absolute atomic E-state index is 0.0653. The van der Waals surface area contributed by atoms with Crippen molar-refractivity contribution in [3.63, 3.8) is 0 Å². The zero-order chi connectivity index (χ0) is 14.3. The highest BCUT2D eigenvalue weighted by atomic mass is 32.3. The molecule has 1 saturated carbocycles. The van der Waals surface area contributed by atoms with E-state index in [1.807, 2.05) is 0 Å². The lowest BCUT2D eigenvalue weighted by Crippen LogP contribution is -2.15. The highest BCUT2D eigenvalue weighted by Gasteiger charge is 2.22. The number of hydrogen-bond acceptors (Lipinski definition) is 4. The molecule has 1 aliphatic carbocycles. The molecule has 0 radical (unpaired) electrons. The van der Waals surface area contributed by atoms with Crippen LogP contribution in [-0.4, -0.2) is 32.5 Å². The molecular weight excluding hydrogens is 284 g/mol. The van der Waals surface area contributed by atoms with Crippen molar-refractivity contribution in [2.24, 2.45) is 5.92 Å². The first-order valence-electron chi connectivity index (χ1n) is 6.93. The average molecular weight is 309 g/mol. The molecule has 0 heterocycles. The Bertz CT molecular complexity index is 370. The van der Waals surface area contributed by atoms with Crippen LogP contribution in [0.4, 0.5) is 0 Å². The first kappa shape index (κ1) is 17.0. The molecule has 0 aromatic heterocycles. The van der Waals surface area contributed by atoms with E-state index in [2.05, 4.69) is 0 Å². The third-order valence-electron chi connectivity index (χ3n) is 3.37. The van der Waals surface area contributed by atoms with Gasteiger partial charge in [0.15, 0.2) is 11.2 Å². The van der Waals surface area contributed by atoms with Crippen LogP contribution in [-0.2, 0) is 29.7 Å². The Kier molecular flexibility index (Phi) is 7.39. The fourth-order valence-electron chi connectivity index (χ4n) is 2.45. The zero-order valence-electron chi connectivity index (χ0n) is 11.9. The van der Waals surface area contributed by atoms with Gasteiger partial charge in [-0.3, -0.25) is 4.79 Å². The Morgan fingerprint density at radius 2 is 1.79 bits per heavy atom. The minimum Gasteiger partial charge on any atom is -0.299 e. The summed E-state index contributed by atoms with van der Waals surface area (Å²) in [6.07, 6.45) is 10.7. The van der Waals surface area contributed by atoms with E-state index < -0.39 is 21.3 Å². The van der Waals surface area contributed by atoms with E-state index in [9.17, 15) is 13.2 Å². The lowest BCUT2D eigenvalue weighted by atomic mass is 9.98. The lowest BCUT2D eigenvalue weighted by Gasteiger charge is -2.07. The van der Waals surface area contributed by atoms with Gasteiger partial charge in [-0.15, -0.1) is 0 Å². The molecule has 0 aromatic carbocycles. The highest BCUT2D eigenvalue weighted by molar-refractivity contribution is 8.02. The predicted molar refractivity (Wildman–Crippen MR) is 79.5 cm³/mol. The number of carbonyl (C=O) groups excluding carboxylic acids is 1. The number of hydrogen-bond donors (Lipinski definition) is 0. The van der Waals surface area contributed by atoms with Crippen LogP contribution in [0.25, 0.3) is 0 Å². The first-order valence-corrected chi connectivity index (χ1v) is 10.5. The largest absolute Gasteiger partial charge is 0.311 e. The molecule has 0 unspecified atom stereocenters. The normalized spacial score (nSPS) is 17.2. The number of carbonyl (C=O) groups is 1. The smallest absolute Gasteiger partial charge is 0.299 e. The summed E-state index contributed by atoms with van der Waals surface area (Å²) in [7, 11) is -3.37. The van der Waals surface area contributed by atoms with Crippen molar-refractivity contribution in [1.29, 1.82) is 0 Å². The molecule has 6 heteroatoms. The Balaban J connectivity index is 2.09. The Morgan fingerprint density at radius 1 is 1.16 bits per heavy atom. The molecule has 0 bridgehead atoms. The van der Waals surface area contributed by atoms with Gasteiger partial charge in [0.05, 0.1) is 5.75 Å². The van der Waals surface area contributed by atoms with Crippen molar-refractivity contribution in [1.82, 2.24) is 0 Å². The van der Waals surface area contributed by atoms with Gasteiger partial charge in [-0.1, -0.05) is 19.3 Å². The van der Waals surface area contributed by atoms with Crippen LogP contribution in [0, 0.1) is 5.92 Å². The summed E-state index contributed by atoms with van der Waals surface area (Å²) in [4.78, 5) is 11.8. The second-order valence-electron chi connectivity index (χ2n) is 5.33. The quantitative estimate of drug-likeness (QED) is 0.485. The van der Waals surface area contributed by atoms with Crippen molar-refractivity contribution in [2.45, 2.75) is 51.4 Å². The summed E-state index contributed by atoms with van der Waals surface area (Å²) in [6, 6.07) is 0. The molecule has 0 aliphatic heterocycles. The summed E-state index contributed by atoms with van der Waals surface area (Å²) in [6.45, 7) is 0. The Hall–Kier alpha value is -0.0700. The summed E-state index contributed by atoms with van der Waals surface area (Å²) >= 11 is -0.543. The monoisotopic (exact) mass is 309 g/mol. The molecule has 0 atom stereocenters. The van der Waals surface area contributed by atoms with E-state index >= 15 is 0 Å². The second kappa shape index (κ2) is 8.27. The minimum atomic E-state index is -3.37. The summed E-state index contributed by atoms with van der Waals surface area (Å²) in [5, 5.41) is 0. The molecule has 1 fully saturated rings. The van der Waals surface area contributed by atoms with Gasteiger partial charge in [0.2, 0.25) is 0 Å². The van der Waals surface area contributed by atoms with Crippen molar-refractivity contribution in [2.75, 3.05) is 18.3 Å². The third-order valence-corrected chi connectivity index (χ3v) is 6.07. The molecule has 0 spiro atoms. The van der Waals surface area contributed by atoms with Gasteiger partial charge < -0.3 is 0 Å². The van der Waals surface area contributed by atoms with Gasteiger partial charge in [-0.2, -0.15) is 8.42 Å². The summed E-state index contributed by atoms with van der Waals surface area (Å²) < 4.78 is 27.8. The summed E-state index contributed by atoms with van der Waals surface area (Å²) in [5.41, 5.74) is 0. The molecule has 0 aromatic rings. The van der Waals surface area contributed by atoms with E-state index in [1.54, 1.807) is 12.5 Å². The topological polar surface area (TPSA) is 60.4 Å². The SMILES string of the molecule is C[S+](C)OS(=O)(=O)CCCCCC(=O)C1CCCC1. The van der Waals surface area contributed by atoms with Crippen LogP contribution < -0.4 is 0 Å². The fourth-order valence-corrected chi connectivity index (χ4v) is 4.94. The van der Waals surface area contributed by atoms with E-state index in [-0.39, 0.29) is 11.7 Å². The Morgan fingerprint density at radius 3 is 2.37 bits per heavy atom. The first-order chi connectivity index (χ1) is 8.91. The maximum atomic E-state index is 11.8. The molecule has 1 rings (SSSR count). The molecule has 0 N–H and O–H groups in total. The molecule has 1 aliphatic rings. The van der Waals surface area contributed by atoms with Crippen LogP contribution in [0.3, 0.4) is 0 Å². The molecule has 0 saturated heterocycles. The van der Waals surface area contributed by atoms with Crippen LogP contribution >= 0.6 is 0 Å². The Labute approximate surface area is 120 Å². The van der Waals surface area contributed by atoms with Crippen LogP contribution in [0.15, 0.2) is 0 Å².